The predicted octanol–water partition coefficient (Wildman–Crippen LogP) is -0.939. The van der Waals surface area contributed by atoms with E-state index < -0.39 is 89.6 Å². The third-order valence-corrected chi connectivity index (χ3v) is 10.2. The minimum Gasteiger partial charge on any atom is -0.396 e. The number of nitrogens with one attached hydrogen (secondary N) is 2. The Morgan fingerprint density at radius 1 is 1.02 bits per heavy atom. The lowest BCUT2D eigenvalue weighted by atomic mass is 9.99. The summed E-state index contributed by atoms with van der Waals surface area (Å²) in [4.78, 5) is 38.7. The van der Waals surface area contributed by atoms with Gasteiger partial charge in [0, 0.05) is 5.92 Å². The van der Waals surface area contributed by atoms with Crippen LogP contribution in [0.5, 0.6) is 0 Å². The molecule has 3 aliphatic heterocycles. The Kier molecular flexibility index (Phi) is 8.59. The number of hydrogen-bond acceptors (Lipinski definition) is 19. The lowest BCUT2D eigenvalue weighted by Gasteiger charge is -2.28. The summed E-state index contributed by atoms with van der Waals surface area (Å²) >= 11 is 0. The van der Waals surface area contributed by atoms with Gasteiger partial charge in [0.05, 0.1) is 38.6 Å². The average Bonchev–Trinajstić information content (AvgIpc) is 3.79. The van der Waals surface area contributed by atoms with E-state index in [2.05, 4.69) is 34.9 Å². The maximum absolute atomic E-state index is 16.2. The Morgan fingerprint density at radius 2 is 1.73 bits per heavy atom. The van der Waals surface area contributed by atoms with Crippen LogP contribution in [-0.4, -0.2) is 107 Å². The number of aromatic nitrogens is 8. The largest absolute Gasteiger partial charge is 0.431 e. The molecular formula is C21H25BFN11O12P2. The molecule has 256 valence electrons. The number of imidazole rings is 2. The predicted molar refractivity (Wildman–Crippen MR) is 155 cm³/mol. The first kappa shape index (κ1) is 33.1. The fraction of sp³-hybridized carbons (Fsp3) is 0.524. The molecule has 23 nitrogen and oxygen atoms in total. The summed E-state index contributed by atoms with van der Waals surface area (Å²) in [5.74, 6) is -1.39. The number of aliphatic hydroxyl groups excluding tert-OH is 1. The number of H-pyrrole nitrogens is 1. The molecule has 8 N–H and O–H groups in total. The van der Waals surface area contributed by atoms with Crippen LogP contribution >= 0.6 is 15.2 Å². The quantitative estimate of drug-likeness (QED) is 0.0628. The van der Waals surface area contributed by atoms with E-state index in [4.69, 9.17) is 51.9 Å². The van der Waals surface area contributed by atoms with Crippen molar-refractivity contribution in [3.05, 3.63) is 29.3 Å². The molecule has 2 radical (unpaired) electrons. The number of aliphatic hydroxyl groups is 1. The van der Waals surface area contributed by atoms with Crippen LogP contribution in [0.1, 0.15) is 12.5 Å². The minimum atomic E-state index is -4.84. The molecule has 0 spiro atoms. The number of aromatic amines is 1. The van der Waals surface area contributed by atoms with Crippen molar-refractivity contribution in [3.8, 4) is 0 Å². The Morgan fingerprint density at radius 3 is 2.48 bits per heavy atom. The van der Waals surface area contributed by atoms with Crippen LogP contribution in [0.15, 0.2) is 23.8 Å². The van der Waals surface area contributed by atoms with Gasteiger partial charge in [0.1, 0.15) is 30.2 Å². The number of rotatable bonds is 5. The van der Waals surface area contributed by atoms with Gasteiger partial charge in [-0.15, -0.1) is 4.99 Å². The molecule has 4 aromatic rings. The second-order valence-electron chi connectivity index (χ2n) is 10.7. The van der Waals surface area contributed by atoms with Crippen molar-refractivity contribution in [1.82, 2.24) is 44.3 Å². The molecule has 2 bridgehead atoms. The van der Waals surface area contributed by atoms with Crippen molar-refractivity contribution in [3.63, 3.8) is 0 Å². The van der Waals surface area contributed by atoms with Gasteiger partial charge in [-0.25, -0.2) is 34.1 Å². The van der Waals surface area contributed by atoms with Crippen LogP contribution in [-0.2, 0) is 41.7 Å². The van der Waals surface area contributed by atoms with Gasteiger partial charge in [0.2, 0.25) is 13.5 Å². The number of fused-ring (bicyclic) bond motifs is 5. The van der Waals surface area contributed by atoms with Crippen molar-refractivity contribution in [2.24, 2.45) is 5.92 Å². The molecule has 7 rings (SSSR count). The molecule has 0 saturated carbocycles. The minimum absolute atomic E-state index is 0.00351. The second kappa shape index (κ2) is 12.5. The molecule has 3 unspecified atom stereocenters. The Bertz CT molecular complexity index is 2000. The van der Waals surface area contributed by atoms with Crippen molar-refractivity contribution in [2.75, 3.05) is 31.3 Å². The number of nitrogens with zero attached hydrogens (tertiary/aromatic N) is 7. The molecule has 10 atom stereocenters. The SMILES string of the molecule is [B][P@@]1(=O)OC[C@H]2O[C@@H](n3cnc4c(N)ncnc43)C(F)[C@H]2OP(=O)(NOO)OC[C@H]2O[C@@H](n3cnc4c(=O)[nH]c(N)nc43)C(O1)[C@H]2CO. The van der Waals surface area contributed by atoms with Gasteiger partial charge in [-0.05, 0) is 0 Å². The van der Waals surface area contributed by atoms with E-state index in [9.17, 15) is 19.0 Å². The van der Waals surface area contributed by atoms with E-state index >= 15 is 4.39 Å². The van der Waals surface area contributed by atoms with E-state index in [0.717, 1.165) is 12.7 Å². The topological polar surface area (TPSA) is 310 Å². The van der Waals surface area contributed by atoms with Gasteiger partial charge >= 0.3 is 7.75 Å². The highest BCUT2D eigenvalue weighted by Crippen LogP contribution is 2.55. The van der Waals surface area contributed by atoms with Gasteiger partial charge in [0.25, 0.3) is 13.0 Å². The second-order valence-corrected chi connectivity index (χ2v) is 13.9. The summed E-state index contributed by atoms with van der Waals surface area (Å²) in [7, 11) is -3.51. The number of alkyl halides is 1. The zero-order valence-electron chi connectivity index (χ0n) is 24.1. The van der Waals surface area contributed by atoms with Gasteiger partial charge in [-0.3, -0.25) is 32.5 Å². The molecule has 27 heteroatoms. The number of ether oxygens (including phenoxy) is 2. The summed E-state index contributed by atoms with van der Waals surface area (Å²) in [5, 5.41) is 21.2. The highest BCUT2D eigenvalue weighted by atomic mass is 31.2. The van der Waals surface area contributed by atoms with Crippen LogP contribution in [0, 0.1) is 5.92 Å². The Labute approximate surface area is 267 Å². The zero-order chi connectivity index (χ0) is 34.0. The summed E-state index contributed by atoms with van der Waals surface area (Å²) in [5.41, 5.74) is 10.9. The van der Waals surface area contributed by atoms with Crippen molar-refractivity contribution < 1.29 is 56.4 Å². The summed E-state index contributed by atoms with van der Waals surface area (Å²) < 4.78 is 80.0. The molecule has 7 heterocycles. The molecule has 4 aromatic heterocycles. The van der Waals surface area contributed by atoms with E-state index in [1.807, 2.05) is 0 Å². The maximum atomic E-state index is 16.2. The maximum Gasteiger partial charge on any atom is 0.431 e. The summed E-state index contributed by atoms with van der Waals surface area (Å²) in [6.45, 7) is -2.19. The summed E-state index contributed by atoms with van der Waals surface area (Å²) in [6.07, 6.45) is -7.67. The molecule has 3 fully saturated rings. The number of nitrogens with two attached hydrogens (primary N) is 2. The lowest BCUT2D eigenvalue weighted by molar-refractivity contribution is -0.274. The van der Waals surface area contributed by atoms with E-state index in [1.165, 1.54) is 15.5 Å². The molecule has 48 heavy (non-hydrogen) atoms. The fourth-order valence-corrected chi connectivity index (χ4v) is 7.91. The van der Waals surface area contributed by atoms with Crippen LogP contribution < -0.4 is 22.3 Å². The molecule has 0 amide bonds. The highest BCUT2D eigenvalue weighted by Gasteiger charge is 2.54. The third kappa shape index (κ3) is 5.80. The van der Waals surface area contributed by atoms with Gasteiger partial charge in [0.15, 0.2) is 41.3 Å². The fourth-order valence-electron chi connectivity index (χ4n) is 5.72. The van der Waals surface area contributed by atoms with E-state index in [1.54, 1.807) is 5.25 Å². The molecule has 3 saturated heterocycles. The lowest BCUT2D eigenvalue weighted by Crippen LogP contribution is -2.36. The van der Waals surface area contributed by atoms with Crippen molar-refractivity contribution in [2.45, 2.75) is 43.0 Å². The number of halogens is 1. The van der Waals surface area contributed by atoms with Crippen molar-refractivity contribution >= 4 is 56.9 Å². The van der Waals surface area contributed by atoms with E-state index in [-0.39, 0.29) is 34.1 Å². The first-order chi connectivity index (χ1) is 22.9. The first-order valence-electron chi connectivity index (χ1n) is 13.9. The van der Waals surface area contributed by atoms with Crippen LogP contribution in [0.4, 0.5) is 16.2 Å². The van der Waals surface area contributed by atoms with E-state index in [0.29, 0.717) is 0 Å². The van der Waals surface area contributed by atoms with Crippen molar-refractivity contribution in [1.29, 1.82) is 0 Å². The van der Waals surface area contributed by atoms with Gasteiger partial charge in [-0.1, -0.05) is 5.25 Å². The molecule has 3 aliphatic rings. The number of anilines is 2. The number of nitrogen functional groups attached to an aromatic ring is 2. The Hall–Kier alpha value is -3.45. The third-order valence-electron chi connectivity index (χ3n) is 7.87. The first-order valence-corrected chi connectivity index (χ1v) is 17.0. The zero-order valence-corrected chi connectivity index (χ0v) is 25.9. The Balaban J connectivity index is 1.24. The standard InChI is InChI=1S/C21H25BFN11O12P2/c22-47(38)40-3-9-14(10(23)19(43-9)33-5-28-11-15(24)26-4-27-16(11)33)45-48(39,32-46-37)41-2-8-7(1-35)13(44-47)20(42-8)34-6-29-12-17(34)30-21(25)31-18(12)36/h4-10,13-14,19-20,35,37H,1-3H2,(H,32,39)(H2,24,26,27)(H3,25,30,31,36)/t7-,8+,9+,10?,13?,14-,19+,20+,47+,48?/m0/s1. The average molecular weight is 715 g/mol. The molecular weight excluding hydrogens is 690 g/mol. The van der Waals surface area contributed by atoms with Crippen LogP contribution in [0.2, 0.25) is 0 Å². The molecule has 0 aromatic carbocycles. The normalized spacial score (nSPS) is 36.1. The van der Waals surface area contributed by atoms with Gasteiger partial charge in [-0.2, -0.15) is 4.98 Å². The molecule has 0 aliphatic carbocycles. The van der Waals surface area contributed by atoms with Crippen LogP contribution in [0.3, 0.4) is 0 Å². The highest BCUT2D eigenvalue weighted by molar-refractivity contribution is 7.79. The van der Waals surface area contributed by atoms with Crippen LogP contribution in [0.25, 0.3) is 22.3 Å². The van der Waals surface area contributed by atoms with Gasteiger partial charge < -0.3 is 35.1 Å². The number of hydrogen-bond donors (Lipinski definition) is 6. The monoisotopic (exact) mass is 715 g/mol. The smallest absolute Gasteiger partial charge is 0.396 e. The summed E-state index contributed by atoms with van der Waals surface area (Å²) in [6, 6.07) is 0.